The number of nitrogens with zero attached hydrogens (tertiary/aromatic N) is 2. The largest absolute Gasteiger partial charge is 0.506 e. The first-order valence-corrected chi connectivity index (χ1v) is 16.5. The van der Waals surface area contributed by atoms with Gasteiger partial charge >= 0.3 is 0 Å². The first-order valence-electron chi connectivity index (χ1n) is 16.5. The number of hydrogen-bond donors (Lipinski definition) is 4. The zero-order valence-corrected chi connectivity index (χ0v) is 24.7. The minimum atomic E-state index is -0.914. The van der Waals surface area contributed by atoms with Gasteiger partial charge in [0, 0.05) is 29.9 Å². The first-order chi connectivity index (χ1) is 20.6. The number of aromatic nitrogens is 2. The Hall–Kier alpha value is -2.93. The lowest BCUT2D eigenvalue weighted by Crippen LogP contribution is -3.20. The van der Waals surface area contributed by atoms with Gasteiger partial charge in [-0.15, -0.1) is 0 Å². The van der Waals surface area contributed by atoms with Crippen LogP contribution < -0.4 is 4.90 Å². The fourth-order valence-electron chi connectivity index (χ4n) is 9.90. The smallest absolute Gasteiger partial charge is 0.139 e. The van der Waals surface area contributed by atoms with E-state index >= 15 is 0 Å². The molecule has 2 fully saturated rings. The first kappa shape index (κ1) is 26.7. The Morgan fingerprint density at radius 1 is 0.952 bits per heavy atom. The minimum Gasteiger partial charge on any atom is -0.506 e. The lowest BCUT2D eigenvalue weighted by Gasteiger charge is -2.55. The Morgan fingerprint density at radius 3 is 2.76 bits per heavy atom. The monoisotopic (exact) mass is 565 g/mol. The van der Waals surface area contributed by atoms with Crippen LogP contribution in [0.4, 0.5) is 0 Å². The van der Waals surface area contributed by atoms with Gasteiger partial charge in [-0.05, 0) is 107 Å². The molecule has 2 aromatic heterocycles. The molecule has 1 spiro atoms. The summed E-state index contributed by atoms with van der Waals surface area (Å²) in [4.78, 5) is 13.0. The molecule has 4 aliphatic heterocycles. The molecule has 4 N–H and O–H groups in total. The van der Waals surface area contributed by atoms with E-state index in [-0.39, 0.29) is 17.2 Å². The summed E-state index contributed by atoms with van der Waals surface area (Å²) in [5, 5.41) is 25.9. The van der Waals surface area contributed by atoms with Crippen LogP contribution >= 0.6 is 0 Å². The van der Waals surface area contributed by atoms with Gasteiger partial charge in [0.25, 0.3) is 0 Å². The van der Waals surface area contributed by atoms with Crippen LogP contribution in [0.1, 0.15) is 69.9 Å². The van der Waals surface area contributed by atoms with Gasteiger partial charge in [-0.25, -0.2) is 0 Å². The lowest BCUT2D eigenvalue weighted by atomic mass is 9.54. The molecule has 1 aromatic carbocycles. The van der Waals surface area contributed by atoms with Crippen LogP contribution in [0, 0.1) is 11.3 Å². The van der Waals surface area contributed by atoms with Crippen molar-refractivity contribution in [3.8, 4) is 5.75 Å². The summed E-state index contributed by atoms with van der Waals surface area (Å²) in [6.45, 7) is 4.46. The highest BCUT2D eigenvalue weighted by Gasteiger charge is 2.68. The second-order valence-electron chi connectivity index (χ2n) is 13.8. The van der Waals surface area contributed by atoms with E-state index in [0.717, 1.165) is 85.8 Å². The van der Waals surface area contributed by atoms with Crippen molar-refractivity contribution in [1.82, 2.24) is 14.9 Å². The Kier molecular flexibility index (Phi) is 6.58. The molecule has 6 heterocycles. The lowest BCUT2D eigenvalue weighted by molar-refractivity contribution is -0.940. The van der Waals surface area contributed by atoms with E-state index in [2.05, 4.69) is 52.4 Å². The molecule has 2 saturated heterocycles. The van der Waals surface area contributed by atoms with Crippen LogP contribution in [0.3, 0.4) is 0 Å². The summed E-state index contributed by atoms with van der Waals surface area (Å²) in [6, 6.07) is 8.42. The zero-order chi connectivity index (χ0) is 28.3. The number of para-hydroxylation sites is 1. The summed E-state index contributed by atoms with van der Waals surface area (Å²) in [5.41, 5.74) is 3.00. The fourth-order valence-corrected chi connectivity index (χ4v) is 9.90. The van der Waals surface area contributed by atoms with E-state index in [1.54, 1.807) is 11.0 Å². The van der Waals surface area contributed by atoms with Crippen molar-refractivity contribution < 1.29 is 15.1 Å². The molecular formula is C36H45N4O2+. The number of piperidine rings is 1. The molecule has 6 nitrogen and oxygen atoms in total. The molecule has 8 rings (SSSR count). The van der Waals surface area contributed by atoms with Crippen LogP contribution in [0.25, 0.3) is 27.4 Å². The summed E-state index contributed by atoms with van der Waals surface area (Å²) < 4.78 is 0. The number of fused-ring (bicyclic) bond motifs is 5. The minimum absolute atomic E-state index is 0.0124. The average molecular weight is 566 g/mol. The molecular weight excluding hydrogens is 520 g/mol. The molecule has 0 amide bonds. The van der Waals surface area contributed by atoms with Gasteiger partial charge < -0.3 is 25.0 Å². The Bertz CT molecular complexity index is 1590. The molecule has 0 radical (unpaired) electrons. The van der Waals surface area contributed by atoms with E-state index in [4.69, 9.17) is 4.98 Å². The number of aromatic hydroxyl groups is 1. The number of benzene rings is 1. The van der Waals surface area contributed by atoms with Crippen molar-refractivity contribution >= 4 is 27.4 Å². The third-order valence-corrected chi connectivity index (χ3v) is 11.5. The van der Waals surface area contributed by atoms with Crippen molar-refractivity contribution in [3.05, 3.63) is 66.5 Å². The molecule has 6 heteroatoms. The van der Waals surface area contributed by atoms with Crippen LogP contribution in [-0.4, -0.2) is 68.9 Å². The number of phenols is 1. The van der Waals surface area contributed by atoms with Crippen LogP contribution in [0.2, 0.25) is 0 Å². The van der Waals surface area contributed by atoms with E-state index in [1.165, 1.54) is 37.7 Å². The van der Waals surface area contributed by atoms with Gasteiger partial charge in [-0.2, -0.15) is 0 Å². The molecule has 7 atom stereocenters. The van der Waals surface area contributed by atoms with Gasteiger partial charge in [0.2, 0.25) is 0 Å². The predicted molar refractivity (Wildman–Crippen MR) is 168 cm³/mol. The number of phenolic OH excluding ortho intramolecular Hbond substituents is 1. The summed E-state index contributed by atoms with van der Waals surface area (Å²) >= 11 is 0. The number of hydrogen-bond acceptors (Lipinski definition) is 4. The Balaban J connectivity index is 1.35. The summed E-state index contributed by atoms with van der Waals surface area (Å²) in [6.07, 6.45) is 24.9. The SMILES string of the molecule is Oc1cccc2c1[nH]c1c(C3=C[C@@]4(O)CC/C=C\CCCCN5CC[C@@H]3[C@]3(CC6C=CCCCC[NH+]6[C@H]34)C5)nccc12. The summed E-state index contributed by atoms with van der Waals surface area (Å²) in [5.74, 6) is 0.605. The normalized spacial score (nSPS) is 37.5. The van der Waals surface area contributed by atoms with E-state index in [1.807, 2.05) is 12.3 Å². The van der Waals surface area contributed by atoms with Crippen LogP contribution in [-0.2, 0) is 0 Å². The van der Waals surface area contributed by atoms with Gasteiger partial charge in [0.05, 0.1) is 28.7 Å². The molecule has 5 aliphatic rings. The number of aromatic amines is 1. The van der Waals surface area contributed by atoms with Gasteiger partial charge in [-0.3, -0.25) is 4.98 Å². The highest BCUT2D eigenvalue weighted by molar-refractivity contribution is 6.11. The van der Waals surface area contributed by atoms with Gasteiger partial charge in [0.15, 0.2) is 0 Å². The maximum Gasteiger partial charge on any atom is 0.139 e. The molecule has 3 aromatic rings. The van der Waals surface area contributed by atoms with Crippen LogP contribution in [0.15, 0.2) is 60.8 Å². The molecule has 3 bridgehead atoms. The maximum atomic E-state index is 13.1. The molecule has 42 heavy (non-hydrogen) atoms. The average Bonchev–Trinajstić information content (AvgIpc) is 3.50. The third-order valence-electron chi connectivity index (χ3n) is 11.5. The molecule has 220 valence electrons. The Labute approximate surface area is 248 Å². The standard InChI is InChI=1S/C36H44N4O2/c41-30-14-11-13-26-27-15-18-37-32(33(27)38-31(26)30)28-23-36(42)17-8-4-1-2-5-9-19-39-21-16-29(28)35(24-39)22-25-12-7-3-6-10-20-40(25)34(35)36/h1,4,7,11-15,18,23,25,29,34,38,41-42H,2-3,5-6,8-10,16-17,19-22,24H2/p+1/b4-1-,12-7?/t25?,29-,34+,35-,36-/m0/s1. The highest BCUT2D eigenvalue weighted by atomic mass is 16.3. The maximum absolute atomic E-state index is 13.1. The number of H-pyrrole nitrogens is 1. The molecule has 0 saturated carbocycles. The number of nitrogens with one attached hydrogen (secondary N) is 2. The van der Waals surface area contributed by atoms with Crippen LogP contribution in [0.5, 0.6) is 5.75 Å². The third kappa shape index (κ3) is 4.13. The number of quaternary nitrogens is 1. The molecule has 3 unspecified atom stereocenters. The zero-order valence-electron chi connectivity index (χ0n) is 24.7. The van der Waals surface area contributed by atoms with E-state index in [9.17, 15) is 10.2 Å². The van der Waals surface area contributed by atoms with Crippen molar-refractivity contribution in [2.45, 2.75) is 81.9 Å². The Morgan fingerprint density at radius 2 is 1.81 bits per heavy atom. The van der Waals surface area contributed by atoms with Gasteiger partial charge in [-0.1, -0.05) is 30.4 Å². The summed E-state index contributed by atoms with van der Waals surface area (Å²) in [7, 11) is 0. The quantitative estimate of drug-likeness (QED) is 0.308. The van der Waals surface area contributed by atoms with Crippen molar-refractivity contribution in [2.24, 2.45) is 11.3 Å². The molecule has 1 aliphatic carbocycles. The second-order valence-corrected chi connectivity index (χ2v) is 13.8. The van der Waals surface area contributed by atoms with Crippen molar-refractivity contribution in [2.75, 3.05) is 26.2 Å². The fraction of sp³-hybridized carbons (Fsp3) is 0.528. The topological polar surface area (TPSA) is 76.8 Å². The van der Waals surface area contributed by atoms with Crippen molar-refractivity contribution in [3.63, 3.8) is 0 Å². The number of rotatable bonds is 1. The number of pyridine rings is 1. The number of aliphatic hydroxyl groups is 1. The van der Waals surface area contributed by atoms with E-state index < -0.39 is 5.60 Å². The van der Waals surface area contributed by atoms with Crippen molar-refractivity contribution in [1.29, 1.82) is 0 Å². The van der Waals surface area contributed by atoms with E-state index in [0.29, 0.717) is 12.0 Å². The highest BCUT2D eigenvalue weighted by Crippen LogP contribution is 2.57. The predicted octanol–water partition coefficient (Wildman–Crippen LogP) is 5.14. The second kappa shape index (κ2) is 10.4. The number of allylic oxidation sites excluding steroid dienone is 4. The van der Waals surface area contributed by atoms with Gasteiger partial charge in [0.1, 0.15) is 23.4 Å².